The summed E-state index contributed by atoms with van der Waals surface area (Å²) in [4.78, 5) is 29.6. The van der Waals surface area contributed by atoms with Gasteiger partial charge in [0.05, 0.1) is 16.9 Å². The molecule has 18 heavy (non-hydrogen) atoms. The molecule has 2 aromatic heterocycles. The molecule has 0 aromatic carbocycles. The fraction of sp³-hybridized carbons (Fsp3) is 0.250. The molecule has 2 rings (SSSR count). The monoisotopic (exact) mass is 247 g/mol. The maximum Gasteiger partial charge on any atom is 0.335 e. The highest BCUT2D eigenvalue weighted by molar-refractivity contribution is 5.40. The Kier molecular flexibility index (Phi) is 3.01. The standard InChI is InChI=1S/C12H13N3O3/c1-3-8-10(16)14-12(18)15(11(8)17)9-5-4-6-13-7(9)2/h4-6,17H,3H2,1-2H3,(H,14,16,18). The molecule has 0 fully saturated rings. The molecule has 0 spiro atoms. The minimum Gasteiger partial charge on any atom is -0.494 e. The Morgan fingerprint density at radius 2 is 2.17 bits per heavy atom. The number of aromatic nitrogens is 3. The van der Waals surface area contributed by atoms with Crippen LogP contribution in [0, 0.1) is 6.92 Å². The molecule has 2 aromatic rings. The number of aromatic hydroxyl groups is 1. The number of aryl methyl sites for hydroxylation is 1. The van der Waals surface area contributed by atoms with E-state index in [0.717, 1.165) is 4.57 Å². The summed E-state index contributed by atoms with van der Waals surface area (Å²) in [6, 6.07) is 3.31. The van der Waals surface area contributed by atoms with Gasteiger partial charge in [-0.15, -0.1) is 0 Å². The number of hydrogen-bond acceptors (Lipinski definition) is 4. The lowest BCUT2D eigenvalue weighted by Gasteiger charge is -2.11. The van der Waals surface area contributed by atoms with Crippen molar-refractivity contribution in [2.45, 2.75) is 20.3 Å². The molecule has 0 aliphatic rings. The highest BCUT2D eigenvalue weighted by atomic mass is 16.3. The van der Waals surface area contributed by atoms with Gasteiger partial charge in [-0.1, -0.05) is 6.92 Å². The quantitative estimate of drug-likeness (QED) is 0.808. The smallest absolute Gasteiger partial charge is 0.335 e. The van der Waals surface area contributed by atoms with Gasteiger partial charge in [-0.05, 0) is 25.5 Å². The van der Waals surface area contributed by atoms with Gasteiger partial charge in [0.25, 0.3) is 5.56 Å². The Morgan fingerprint density at radius 3 is 2.78 bits per heavy atom. The Balaban J connectivity index is 2.85. The van der Waals surface area contributed by atoms with Crippen LogP contribution < -0.4 is 11.2 Å². The number of hydrogen-bond donors (Lipinski definition) is 2. The van der Waals surface area contributed by atoms with Crippen molar-refractivity contribution in [1.29, 1.82) is 0 Å². The van der Waals surface area contributed by atoms with Gasteiger partial charge in [-0.3, -0.25) is 14.8 Å². The first-order valence-electron chi connectivity index (χ1n) is 5.55. The lowest BCUT2D eigenvalue weighted by Crippen LogP contribution is -2.31. The van der Waals surface area contributed by atoms with E-state index in [-0.39, 0.29) is 11.4 Å². The van der Waals surface area contributed by atoms with Gasteiger partial charge in [0.2, 0.25) is 5.88 Å². The van der Waals surface area contributed by atoms with Gasteiger partial charge in [0, 0.05) is 6.20 Å². The first kappa shape index (κ1) is 12.1. The Labute approximate surface area is 103 Å². The molecule has 94 valence electrons. The summed E-state index contributed by atoms with van der Waals surface area (Å²) in [6.07, 6.45) is 1.92. The average molecular weight is 247 g/mol. The minimum atomic E-state index is -0.675. The van der Waals surface area contributed by atoms with E-state index in [1.165, 1.54) is 0 Å². The second-order valence-corrected chi connectivity index (χ2v) is 3.86. The lowest BCUT2D eigenvalue weighted by atomic mass is 10.2. The van der Waals surface area contributed by atoms with Crippen LogP contribution in [-0.4, -0.2) is 19.6 Å². The van der Waals surface area contributed by atoms with Crippen LogP contribution in [0.25, 0.3) is 5.69 Å². The highest BCUT2D eigenvalue weighted by Gasteiger charge is 2.15. The summed E-state index contributed by atoms with van der Waals surface area (Å²) >= 11 is 0. The number of rotatable bonds is 2. The van der Waals surface area contributed by atoms with Crippen LogP contribution in [0.4, 0.5) is 0 Å². The number of nitrogens with zero attached hydrogens (tertiary/aromatic N) is 2. The van der Waals surface area contributed by atoms with Gasteiger partial charge in [0.1, 0.15) is 0 Å². The fourth-order valence-corrected chi connectivity index (χ4v) is 1.82. The van der Waals surface area contributed by atoms with E-state index in [9.17, 15) is 14.7 Å². The summed E-state index contributed by atoms with van der Waals surface area (Å²) in [5, 5.41) is 10.0. The molecule has 0 radical (unpaired) electrons. The van der Waals surface area contributed by atoms with E-state index < -0.39 is 11.2 Å². The van der Waals surface area contributed by atoms with E-state index >= 15 is 0 Å². The molecule has 6 heteroatoms. The molecule has 0 unspecified atom stereocenters. The van der Waals surface area contributed by atoms with Crippen LogP contribution in [-0.2, 0) is 6.42 Å². The van der Waals surface area contributed by atoms with Crippen LogP contribution >= 0.6 is 0 Å². The summed E-state index contributed by atoms with van der Waals surface area (Å²) in [5.74, 6) is -0.331. The van der Waals surface area contributed by atoms with Crippen LogP contribution in [0.5, 0.6) is 5.88 Å². The zero-order valence-corrected chi connectivity index (χ0v) is 10.1. The van der Waals surface area contributed by atoms with Crippen LogP contribution in [0.1, 0.15) is 18.2 Å². The fourth-order valence-electron chi connectivity index (χ4n) is 1.82. The molecule has 0 bridgehead atoms. The Morgan fingerprint density at radius 1 is 1.44 bits per heavy atom. The van der Waals surface area contributed by atoms with Gasteiger partial charge >= 0.3 is 5.69 Å². The van der Waals surface area contributed by atoms with Crippen LogP contribution in [0.3, 0.4) is 0 Å². The van der Waals surface area contributed by atoms with Gasteiger partial charge in [-0.2, -0.15) is 0 Å². The maximum atomic E-state index is 11.8. The predicted molar refractivity (Wildman–Crippen MR) is 66.2 cm³/mol. The van der Waals surface area contributed by atoms with Crippen molar-refractivity contribution >= 4 is 0 Å². The average Bonchev–Trinajstić information content (AvgIpc) is 2.31. The van der Waals surface area contributed by atoms with E-state index in [1.807, 2.05) is 0 Å². The van der Waals surface area contributed by atoms with Crippen molar-refractivity contribution in [2.24, 2.45) is 0 Å². The van der Waals surface area contributed by atoms with Crippen molar-refractivity contribution in [3.63, 3.8) is 0 Å². The molecule has 2 heterocycles. The van der Waals surface area contributed by atoms with Gasteiger partial charge < -0.3 is 5.11 Å². The van der Waals surface area contributed by atoms with E-state index in [4.69, 9.17) is 0 Å². The first-order valence-corrected chi connectivity index (χ1v) is 5.55. The predicted octanol–water partition coefficient (Wildman–Crippen LogP) is 0.497. The summed E-state index contributed by atoms with van der Waals surface area (Å²) < 4.78 is 1.06. The van der Waals surface area contributed by atoms with E-state index in [2.05, 4.69) is 9.97 Å². The molecule has 0 saturated heterocycles. The molecule has 0 aliphatic carbocycles. The molecule has 2 N–H and O–H groups in total. The van der Waals surface area contributed by atoms with Gasteiger partial charge in [0.15, 0.2) is 0 Å². The SMILES string of the molecule is CCc1c(O)n(-c2cccnc2C)c(=O)[nH]c1=O. The zero-order chi connectivity index (χ0) is 13.3. The minimum absolute atomic E-state index is 0.179. The third-order valence-corrected chi connectivity index (χ3v) is 2.75. The summed E-state index contributed by atoms with van der Waals surface area (Å²) in [5.41, 5.74) is -0.0172. The second kappa shape index (κ2) is 4.48. The number of nitrogens with one attached hydrogen (secondary N) is 1. The van der Waals surface area contributed by atoms with Crippen LogP contribution in [0.15, 0.2) is 27.9 Å². The second-order valence-electron chi connectivity index (χ2n) is 3.86. The molecule has 0 saturated carbocycles. The molecular formula is C12H13N3O3. The van der Waals surface area contributed by atoms with E-state index in [1.54, 1.807) is 32.2 Å². The first-order chi connectivity index (χ1) is 8.56. The summed E-state index contributed by atoms with van der Waals surface area (Å²) in [7, 11) is 0. The third-order valence-electron chi connectivity index (χ3n) is 2.75. The van der Waals surface area contributed by atoms with Crippen molar-refractivity contribution in [3.05, 3.63) is 50.4 Å². The largest absolute Gasteiger partial charge is 0.494 e. The third kappa shape index (κ3) is 1.81. The Bertz CT molecular complexity index is 700. The van der Waals surface area contributed by atoms with Crippen molar-refractivity contribution < 1.29 is 5.11 Å². The normalized spacial score (nSPS) is 10.6. The number of H-pyrrole nitrogens is 1. The van der Waals surface area contributed by atoms with Crippen molar-refractivity contribution in [2.75, 3.05) is 0 Å². The number of pyridine rings is 1. The van der Waals surface area contributed by atoms with E-state index in [0.29, 0.717) is 17.8 Å². The van der Waals surface area contributed by atoms with Crippen molar-refractivity contribution in [1.82, 2.24) is 14.5 Å². The number of aromatic amines is 1. The van der Waals surface area contributed by atoms with Crippen LogP contribution in [0.2, 0.25) is 0 Å². The maximum absolute atomic E-state index is 11.8. The zero-order valence-electron chi connectivity index (χ0n) is 10.1. The highest BCUT2D eigenvalue weighted by Crippen LogP contribution is 2.17. The molecule has 0 atom stereocenters. The molecule has 0 aliphatic heterocycles. The van der Waals surface area contributed by atoms with Gasteiger partial charge in [-0.25, -0.2) is 9.36 Å². The summed E-state index contributed by atoms with van der Waals surface area (Å²) in [6.45, 7) is 3.45. The molecule has 6 nitrogen and oxygen atoms in total. The topological polar surface area (TPSA) is 88.0 Å². The Hall–Kier alpha value is -2.37. The van der Waals surface area contributed by atoms with Crippen molar-refractivity contribution in [3.8, 4) is 11.6 Å². The molecular weight excluding hydrogens is 234 g/mol. The lowest BCUT2D eigenvalue weighted by molar-refractivity contribution is 0.423. The molecule has 0 amide bonds.